The predicted molar refractivity (Wildman–Crippen MR) is 86.7 cm³/mol. The quantitative estimate of drug-likeness (QED) is 0.822. The molecule has 3 rings (SSSR count). The molecule has 1 aromatic carbocycles. The molecule has 8 heteroatoms. The van der Waals surface area contributed by atoms with Crippen LogP contribution in [0, 0.1) is 0 Å². The average Bonchev–Trinajstić information content (AvgIpc) is 3.09. The Hall–Kier alpha value is -2.45. The van der Waals surface area contributed by atoms with Crippen LogP contribution in [-0.4, -0.2) is 46.8 Å². The van der Waals surface area contributed by atoms with E-state index in [-0.39, 0.29) is 12.5 Å². The minimum atomic E-state index is -0.857. The van der Waals surface area contributed by atoms with Crippen LogP contribution in [0.15, 0.2) is 30.5 Å². The van der Waals surface area contributed by atoms with Crippen molar-refractivity contribution in [3.63, 3.8) is 0 Å². The molecular weight excluding hydrogens is 310 g/mol. The maximum atomic E-state index is 12.3. The number of rotatable bonds is 5. The van der Waals surface area contributed by atoms with Crippen molar-refractivity contribution in [2.75, 3.05) is 20.3 Å². The maximum absolute atomic E-state index is 12.3. The lowest BCUT2D eigenvalue weighted by Gasteiger charge is -2.31. The number of nitrogens with one attached hydrogen (secondary N) is 1. The van der Waals surface area contributed by atoms with Crippen LogP contribution in [0.2, 0.25) is 0 Å². The smallest absolute Gasteiger partial charge is 0.240 e. The Morgan fingerprint density at radius 2 is 2.08 bits per heavy atom. The fourth-order valence-corrected chi connectivity index (χ4v) is 2.55. The third-order valence-corrected chi connectivity index (χ3v) is 4.15. The van der Waals surface area contributed by atoms with E-state index in [1.165, 1.54) is 0 Å². The Morgan fingerprint density at radius 1 is 1.38 bits per heavy atom. The van der Waals surface area contributed by atoms with E-state index in [0.717, 1.165) is 11.4 Å². The van der Waals surface area contributed by atoms with Crippen LogP contribution in [-0.2, 0) is 16.1 Å². The number of amides is 1. The van der Waals surface area contributed by atoms with E-state index in [9.17, 15) is 4.79 Å². The van der Waals surface area contributed by atoms with Gasteiger partial charge in [-0.25, -0.2) is 4.68 Å². The van der Waals surface area contributed by atoms with Gasteiger partial charge >= 0.3 is 0 Å². The standard InChI is InChI=1S/C16H21N5O3/c1-23-14-4-2-13(3-5-14)21-11-12(19-20-21)10-18-15(22)16(17)6-8-24-9-7-16/h2-5,11H,6-10,17H2,1H3,(H,18,22). The molecule has 2 aromatic rings. The molecule has 1 aromatic heterocycles. The highest BCUT2D eigenvalue weighted by molar-refractivity contribution is 5.86. The van der Waals surface area contributed by atoms with Gasteiger partial charge in [0, 0.05) is 13.2 Å². The van der Waals surface area contributed by atoms with Gasteiger partial charge in [-0.1, -0.05) is 5.21 Å². The van der Waals surface area contributed by atoms with Crippen LogP contribution in [0.3, 0.4) is 0 Å². The number of nitrogens with zero attached hydrogens (tertiary/aromatic N) is 3. The van der Waals surface area contributed by atoms with Crippen LogP contribution < -0.4 is 15.8 Å². The Balaban J connectivity index is 1.60. The molecule has 0 saturated carbocycles. The largest absolute Gasteiger partial charge is 0.497 e. The summed E-state index contributed by atoms with van der Waals surface area (Å²) in [5, 5.41) is 11.0. The molecule has 0 radical (unpaired) electrons. The zero-order valence-corrected chi connectivity index (χ0v) is 13.6. The highest BCUT2D eigenvalue weighted by Gasteiger charge is 2.35. The first-order valence-electron chi connectivity index (χ1n) is 7.81. The molecule has 1 fully saturated rings. The Bertz CT molecular complexity index is 692. The fraction of sp³-hybridized carbons (Fsp3) is 0.438. The predicted octanol–water partition coefficient (Wildman–Crippen LogP) is 0.400. The van der Waals surface area contributed by atoms with Crippen LogP contribution in [0.25, 0.3) is 5.69 Å². The molecule has 1 aliphatic rings. The number of methoxy groups -OCH3 is 1. The molecule has 3 N–H and O–H groups in total. The lowest BCUT2D eigenvalue weighted by atomic mass is 9.90. The number of ether oxygens (including phenoxy) is 2. The summed E-state index contributed by atoms with van der Waals surface area (Å²) >= 11 is 0. The zero-order valence-electron chi connectivity index (χ0n) is 13.6. The van der Waals surface area contributed by atoms with E-state index in [1.807, 2.05) is 24.3 Å². The van der Waals surface area contributed by atoms with Crippen LogP contribution in [0.4, 0.5) is 0 Å². The number of nitrogens with two attached hydrogens (primary N) is 1. The minimum Gasteiger partial charge on any atom is -0.497 e. The third kappa shape index (κ3) is 3.55. The first-order chi connectivity index (χ1) is 11.6. The van der Waals surface area contributed by atoms with Gasteiger partial charge in [0.1, 0.15) is 11.4 Å². The fourth-order valence-electron chi connectivity index (χ4n) is 2.55. The normalized spacial score (nSPS) is 16.6. The third-order valence-electron chi connectivity index (χ3n) is 4.15. The Kier molecular flexibility index (Phi) is 4.77. The maximum Gasteiger partial charge on any atom is 0.240 e. The van der Waals surface area contributed by atoms with Gasteiger partial charge in [0.2, 0.25) is 5.91 Å². The lowest BCUT2D eigenvalue weighted by Crippen LogP contribution is -2.56. The monoisotopic (exact) mass is 331 g/mol. The van der Waals surface area contributed by atoms with Crippen molar-refractivity contribution in [2.24, 2.45) is 5.73 Å². The van der Waals surface area contributed by atoms with Crippen LogP contribution in [0.1, 0.15) is 18.5 Å². The van der Waals surface area contributed by atoms with Crippen molar-refractivity contribution in [1.82, 2.24) is 20.3 Å². The first kappa shape index (κ1) is 16.4. The van der Waals surface area contributed by atoms with E-state index in [2.05, 4.69) is 15.6 Å². The van der Waals surface area contributed by atoms with Crippen molar-refractivity contribution < 1.29 is 14.3 Å². The number of benzene rings is 1. The Labute approximate surface area is 139 Å². The van der Waals surface area contributed by atoms with E-state index >= 15 is 0 Å². The summed E-state index contributed by atoms with van der Waals surface area (Å²) < 4.78 is 12.0. The zero-order chi connectivity index (χ0) is 17.0. The molecule has 1 saturated heterocycles. The van der Waals surface area contributed by atoms with Gasteiger partial charge < -0.3 is 20.5 Å². The van der Waals surface area contributed by atoms with Gasteiger partial charge in [0.05, 0.1) is 31.1 Å². The second-order valence-corrected chi connectivity index (χ2v) is 5.80. The van der Waals surface area contributed by atoms with Gasteiger partial charge in [-0.05, 0) is 37.1 Å². The van der Waals surface area contributed by atoms with Crippen molar-refractivity contribution in [3.05, 3.63) is 36.2 Å². The van der Waals surface area contributed by atoms with Gasteiger partial charge in [0.25, 0.3) is 0 Å². The van der Waals surface area contributed by atoms with Crippen LogP contribution in [0.5, 0.6) is 5.75 Å². The topological polar surface area (TPSA) is 104 Å². The molecule has 0 aliphatic carbocycles. The second kappa shape index (κ2) is 6.98. The van der Waals surface area contributed by atoms with Gasteiger partial charge in [-0.3, -0.25) is 4.79 Å². The van der Waals surface area contributed by atoms with E-state index in [1.54, 1.807) is 18.0 Å². The number of aromatic nitrogens is 3. The molecular formula is C16H21N5O3. The number of hydrogen-bond donors (Lipinski definition) is 2. The Morgan fingerprint density at radius 3 is 2.75 bits per heavy atom. The van der Waals surface area contributed by atoms with Crippen molar-refractivity contribution in [3.8, 4) is 11.4 Å². The van der Waals surface area contributed by atoms with E-state index in [4.69, 9.17) is 15.2 Å². The summed E-state index contributed by atoms with van der Waals surface area (Å²) in [6, 6.07) is 7.46. The second-order valence-electron chi connectivity index (χ2n) is 5.80. The molecule has 8 nitrogen and oxygen atoms in total. The van der Waals surface area contributed by atoms with Crippen LogP contribution >= 0.6 is 0 Å². The van der Waals surface area contributed by atoms with E-state index in [0.29, 0.717) is 31.7 Å². The molecule has 2 heterocycles. The highest BCUT2D eigenvalue weighted by Crippen LogP contribution is 2.18. The summed E-state index contributed by atoms with van der Waals surface area (Å²) in [6.45, 7) is 1.31. The van der Waals surface area contributed by atoms with Gasteiger partial charge in [0.15, 0.2) is 0 Å². The lowest BCUT2D eigenvalue weighted by molar-refractivity contribution is -0.129. The summed E-state index contributed by atoms with van der Waals surface area (Å²) in [5.41, 5.74) is 6.81. The summed E-state index contributed by atoms with van der Waals surface area (Å²) in [5.74, 6) is 0.598. The molecule has 0 spiro atoms. The molecule has 0 bridgehead atoms. The molecule has 24 heavy (non-hydrogen) atoms. The first-order valence-corrected chi connectivity index (χ1v) is 7.81. The summed E-state index contributed by atoms with van der Waals surface area (Å²) in [4.78, 5) is 12.3. The number of hydrogen-bond acceptors (Lipinski definition) is 6. The van der Waals surface area contributed by atoms with E-state index < -0.39 is 5.54 Å². The minimum absolute atomic E-state index is 0.176. The van der Waals surface area contributed by atoms with Crippen molar-refractivity contribution in [1.29, 1.82) is 0 Å². The van der Waals surface area contributed by atoms with Crippen molar-refractivity contribution >= 4 is 5.91 Å². The highest BCUT2D eigenvalue weighted by atomic mass is 16.5. The molecule has 0 atom stereocenters. The molecule has 0 unspecified atom stereocenters. The number of carbonyl (C=O) groups excluding carboxylic acids is 1. The average molecular weight is 331 g/mol. The molecule has 1 aliphatic heterocycles. The van der Waals surface area contributed by atoms with Gasteiger partial charge in [-0.15, -0.1) is 5.10 Å². The SMILES string of the molecule is COc1ccc(-n2cc(CNC(=O)C3(N)CCOCC3)nn2)cc1. The molecule has 1 amide bonds. The molecule has 128 valence electrons. The van der Waals surface area contributed by atoms with Crippen molar-refractivity contribution in [2.45, 2.75) is 24.9 Å². The summed E-state index contributed by atoms with van der Waals surface area (Å²) in [6.07, 6.45) is 2.82. The van der Waals surface area contributed by atoms with Gasteiger partial charge in [-0.2, -0.15) is 0 Å². The summed E-state index contributed by atoms with van der Waals surface area (Å²) in [7, 11) is 1.62. The number of carbonyl (C=O) groups is 1.